The number of carbonyl (C=O) groups excluding carboxylic acids is 2. The second kappa shape index (κ2) is 4.72. The Morgan fingerprint density at radius 1 is 1.25 bits per heavy atom. The number of carbonyl (C=O) groups is 2. The second-order valence-electron chi connectivity index (χ2n) is 4.38. The number of imide groups is 1. The SMILES string of the molecule is CCCCCCN1C(=O)C2CN=NC2C1=O. The third kappa shape index (κ3) is 1.86. The number of nitrogens with zero attached hydrogens (tertiary/aromatic N) is 3. The fraction of sp³-hybridized carbons (Fsp3) is 0.818. The van der Waals surface area contributed by atoms with Gasteiger partial charge in [-0.05, 0) is 6.42 Å². The molecule has 0 N–H and O–H groups in total. The summed E-state index contributed by atoms with van der Waals surface area (Å²) < 4.78 is 0. The van der Waals surface area contributed by atoms with Crippen molar-refractivity contribution >= 4 is 11.8 Å². The minimum atomic E-state index is -0.501. The Morgan fingerprint density at radius 2 is 2.06 bits per heavy atom. The van der Waals surface area contributed by atoms with Crippen LogP contribution in [-0.4, -0.2) is 35.8 Å². The van der Waals surface area contributed by atoms with E-state index < -0.39 is 6.04 Å². The summed E-state index contributed by atoms with van der Waals surface area (Å²) in [6.07, 6.45) is 4.29. The Labute approximate surface area is 94.9 Å². The number of fused-ring (bicyclic) bond motifs is 1. The molecule has 0 aromatic carbocycles. The highest BCUT2D eigenvalue weighted by atomic mass is 16.2. The van der Waals surface area contributed by atoms with Gasteiger partial charge in [0.05, 0.1) is 12.5 Å². The van der Waals surface area contributed by atoms with Crippen molar-refractivity contribution in [1.82, 2.24) is 4.90 Å². The lowest BCUT2D eigenvalue weighted by atomic mass is 10.1. The largest absolute Gasteiger partial charge is 0.280 e. The van der Waals surface area contributed by atoms with Crippen LogP contribution in [0, 0.1) is 5.92 Å². The highest BCUT2D eigenvalue weighted by Gasteiger charge is 2.49. The molecule has 1 saturated heterocycles. The molecule has 0 spiro atoms. The maximum Gasteiger partial charge on any atom is 0.256 e. The molecule has 2 rings (SSSR count). The number of amides is 2. The second-order valence-corrected chi connectivity index (χ2v) is 4.38. The molecule has 5 nitrogen and oxygen atoms in total. The number of rotatable bonds is 5. The lowest BCUT2D eigenvalue weighted by Gasteiger charge is -2.14. The summed E-state index contributed by atoms with van der Waals surface area (Å²) in [5.41, 5.74) is 0. The number of azo groups is 1. The minimum Gasteiger partial charge on any atom is -0.280 e. The third-order valence-corrected chi connectivity index (χ3v) is 3.20. The van der Waals surface area contributed by atoms with Gasteiger partial charge < -0.3 is 0 Å². The normalized spacial score (nSPS) is 27.9. The zero-order chi connectivity index (χ0) is 11.5. The Hall–Kier alpha value is -1.26. The van der Waals surface area contributed by atoms with Crippen molar-refractivity contribution in [2.45, 2.75) is 38.6 Å². The average Bonchev–Trinajstić information content (AvgIpc) is 2.83. The fourth-order valence-electron chi connectivity index (χ4n) is 2.22. The van der Waals surface area contributed by atoms with E-state index in [-0.39, 0.29) is 17.7 Å². The molecule has 0 bridgehead atoms. The molecule has 0 saturated carbocycles. The first-order valence-corrected chi connectivity index (χ1v) is 5.97. The van der Waals surface area contributed by atoms with Crippen LogP contribution in [0.4, 0.5) is 0 Å². The predicted molar refractivity (Wildman–Crippen MR) is 57.9 cm³/mol. The topological polar surface area (TPSA) is 62.1 Å². The summed E-state index contributed by atoms with van der Waals surface area (Å²) in [5, 5.41) is 7.61. The van der Waals surface area contributed by atoms with E-state index in [2.05, 4.69) is 17.2 Å². The van der Waals surface area contributed by atoms with Crippen LogP contribution < -0.4 is 0 Å². The standard InChI is InChI=1S/C11H17N3O2/c1-2-3-4-5-6-14-10(15)8-7-12-13-9(8)11(14)16/h8-9H,2-7H2,1H3. The van der Waals surface area contributed by atoms with Crippen LogP contribution in [0.25, 0.3) is 0 Å². The summed E-state index contributed by atoms with van der Waals surface area (Å²) in [6.45, 7) is 3.08. The molecule has 16 heavy (non-hydrogen) atoms. The quantitative estimate of drug-likeness (QED) is 0.522. The molecule has 2 aliphatic rings. The molecule has 2 atom stereocenters. The van der Waals surface area contributed by atoms with E-state index in [0.29, 0.717) is 13.1 Å². The number of hydrogen-bond acceptors (Lipinski definition) is 4. The zero-order valence-corrected chi connectivity index (χ0v) is 9.56. The van der Waals surface area contributed by atoms with Gasteiger partial charge in [-0.15, -0.1) is 0 Å². The molecule has 2 amide bonds. The van der Waals surface area contributed by atoms with Crippen LogP contribution in [0.5, 0.6) is 0 Å². The highest BCUT2D eigenvalue weighted by Crippen LogP contribution is 2.28. The summed E-state index contributed by atoms with van der Waals surface area (Å²) in [6, 6.07) is -0.501. The molecule has 88 valence electrons. The molecular formula is C11H17N3O2. The van der Waals surface area contributed by atoms with Crippen LogP contribution in [-0.2, 0) is 9.59 Å². The molecule has 0 aromatic rings. The van der Waals surface area contributed by atoms with Gasteiger partial charge in [0.15, 0.2) is 6.04 Å². The zero-order valence-electron chi connectivity index (χ0n) is 9.56. The van der Waals surface area contributed by atoms with E-state index in [1.54, 1.807) is 0 Å². The molecular weight excluding hydrogens is 206 g/mol. The van der Waals surface area contributed by atoms with Crippen LogP contribution in [0.2, 0.25) is 0 Å². The van der Waals surface area contributed by atoms with Crippen LogP contribution >= 0.6 is 0 Å². The smallest absolute Gasteiger partial charge is 0.256 e. The Balaban J connectivity index is 1.88. The Kier molecular flexibility index (Phi) is 3.31. The van der Waals surface area contributed by atoms with Gasteiger partial charge in [-0.25, -0.2) is 0 Å². The molecule has 0 aliphatic carbocycles. The van der Waals surface area contributed by atoms with Gasteiger partial charge >= 0.3 is 0 Å². The predicted octanol–water partition coefficient (Wildman–Crippen LogP) is 1.39. The van der Waals surface area contributed by atoms with Gasteiger partial charge in [-0.3, -0.25) is 14.5 Å². The van der Waals surface area contributed by atoms with E-state index >= 15 is 0 Å². The van der Waals surface area contributed by atoms with Crippen molar-refractivity contribution in [2.75, 3.05) is 13.1 Å². The van der Waals surface area contributed by atoms with Gasteiger partial charge in [0, 0.05) is 6.54 Å². The van der Waals surface area contributed by atoms with Crippen molar-refractivity contribution in [1.29, 1.82) is 0 Å². The Morgan fingerprint density at radius 3 is 2.75 bits per heavy atom. The van der Waals surface area contributed by atoms with E-state index in [9.17, 15) is 9.59 Å². The van der Waals surface area contributed by atoms with Gasteiger partial charge in [0.1, 0.15) is 0 Å². The number of unbranched alkanes of at least 4 members (excludes halogenated alkanes) is 3. The third-order valence-electron chi connectivity index (χ3n) is 3.20. The van der Waals surface area contributed by atoms with Crippen LogP contribution in [0.15, 0.2) is 10.2 Å². The van der Waals surface area contributed by atoms with Crippen molar-refractivity contribution in [2.24, 2.45) is 16.1 Å². The Bertz CT molecular complexity index is 327. The molecule has 2 aliphatic heterocycles. The first-order chi connectivity index (χ1) is 7.75. The molecule has 2 unspecified atom stereocenters. The molecule has 2 heterocycles. The first-order valence-electron chi connectivity index (χ1n) is 5.97. The molecule has 1 fully saturated rings. The van der Waals surface area contributed by atoms with E-state index in [0.717, 1.165) is 25.7 Å². The summed E-state index contributed by atoms with van der Waals surface area (Å²) >= 11 is 0. The van der Waals surface area contributed by atoms with E-state index in [1.165, 1.54) is 4.90 Å². The lowest BCUT2D eigenvalue weighted by molar-refractivity contribution is -0.139. The number of hydrogen-bond donors (Lipinski definition) is 0. The summed E-state index contributed by atoms with van der Waals surface area (Å²) in [5.74, 6) is -0.511. The van der Waals surface area contributed by atoms with E-state index in [1.807, 2.05) is 0 Å². The summed E-state index contributed by atoms with van der Waals surface area (Å²) in [7, 11) is 0. The maximum absolute atomic E-state index is 11.8. The molecule has 5 heteroatoms. The van der Waals surface area contributed by atoms with Gasteiger partial charge in [-0.2, -0.15) is 10.2 Å². The summed E-state index contributed by atoms with van der Waals surface area (Å²) in [4.78, 5) is 25.0. The number of likely N-dealkylation sites (tertiary alicyclic amines) is 1. The van der Waals surface area contributed by atoms with Crippen LogP contribution in [0.3, 0.4) is 0 Å². The van der Waals surface area contributed by atoms with Crippen LogP contribution in [0.1, 0.15) is 32.6 Å². The van der Waals surface area contributed by atoms with Gasteiger partial charge in [0.2, 0.25) is 5.91 Å². The van der Waals surface area contributed by atoms with Gasteiger partial charge in [-0.1, -0.05) is 26.2 Å². The van der Waals surface area contributed by atoms with Gasteiger partial charge in [0.25, 0.3) is 5.91 Å². The first kappa shape index (κ1) is 11.2. The lowest BCUT2D eigenvalue weighted by Crippen LogP contribution is -2.33. The monoisotopic (exact) mass is 223 g/mol. The van der Waals surface area contributed by atoms with Crippen molar-refractivity contribution in [3.8, 4) is 0 Å². The van der Waals surface area contributed by atoms with Crippen molar-refractivity contribution < 1.29 is 9.59 Å². The molecule has 0 aromatic heterocycles. The molecule has 0 radical (unpaired) electrons. The van der Waals surface area contributed by atoms with Crippen molar-refractivity contribution in [3.05, 3.63) is 0 Å². The maximum atomic E-state index is 11.8. The average molecular weight is 223 g/mol. The fourth-order valence-corrected chi connectivity index (χ4v) is 2.22. The highest BCUT2D eigenvalue weighted by molar-refractivity contribution is 6.07. The van der Waals surface area contributed by atoms with E-state index in [4.69, 9.17) is 0 Å². The minimum absolute atomic E-state index is 0.0727. The van der Waals surface area contributed by atoms with Crippen molar-refractivity contribution in [3.63, 3.8) is 0 Å².